The Morgan fingerprint density at radius 3 is 2.37 bits per heavy atom. The van der Waals surface area contributed by atoms with Gasteiger partial charge in [-0.2, -0.15) is 0 Å². The zero-order valence-corrected chi connectivity index (χ0v) is 33.3. The number of amides is 2. The van der Waals surface area contributed by atoms with Gasteiger partial charge in [-0.15, -0.1) is 10.2 Å². The number of sulfonamides is 1. The fourth-order valence-electron chi connectivity index (χ4n) is 8.44. The smallest absolute Gasteiger partial charge is 0.242 e. The molecule has 1 aromatic carbocycles. The van der Waals surface area contributed by atoms with Gasteiger partial charge < -0.3 is 14.4 Å². The molecule has 4 aliphatic rings. The molecule has 7 atom stereocenters. The van der Waals surface area contributed by atoms with Crippen molar-refractivity contribution in [3.05, 3.63) is 36.4 Å². The lowest BCUT2D eigenvalue weighted by atomic mass is 9.79. The van der Waals surface area contributed by atoms with Gasteiger partial charge in [0.1, 0.15) is 11.9 Å². The lowest BCUT2D eigenvalue weighted by Gasteiger charge is -2.32. The summed E-state index contributed by atoms with van der Waals surface area (Å²) in [4.78, 5) is 58.4. The quantitative estimate of drug-likeness (QED) is 0.285. The summed E-state index contributed by atoms with van der Waals surface area (Å²) in [6, 6.07) is 6.49. The summed E-state index contributed by atoms with van der Waals surface area (Å²) < 4.78 is 40.3. The van der Waals surface area contributed by atoms with Gasteiger partial charge in [0.05, 0.1) is 40.6 Å². The molecule has 0 spiro atoms. The van der Waals surface area contributed by atoms with E-state index in [1.807, 2.05) is 71.0 Å². The van der Waals surface area contributed by atoms with Gasteiger partial charge in [0, 0.05) is 31.6 Å². The molecule has 2 amide bonds. The third-order valence-electron chi connectivity index (χ3n) is 11.5. The molecule has 1 N–H and O–H groups in total. The van der Waals surface area contributed by atoms with E-state index in [0.29, 0.717) is 48.9 Å². The first kappa shape index (κ1) is 39.8. The van der Waals surface area contributed by atoms with Crippen LogP contribution in [0.5, 0.6) is 11.8 Å². The number of ketones is 2. The van der Waals surface area contributed by atoms with Gasteiger partial charge in [-0.1, -0.05) is 58.9 Å². The first-order chi connectivity index (χ1) is 25.5. The fourth-order valence-corrected chi connectivity index (χ4v) is 9.82. The minimum absolute atomic E-state index is 0.000488. The molecular weight excluding hydrogens is 709 g/mol. The maximum atomic E-state index is 14.9. The summed E-state index contributed by atoms with van der Waals surface area (Å²) in [5.74, 6) is -1.50. The van der Waals surface area contributed by atoms with Crippen LogP contribution in [-0.4, -0.2) is 77.4 Å². The van der Waals surface area contributed by atoms with Gasteiger partial charge in [-0.05, 0) is 80.8 Å². The number of ether oxygens (including phenoxy) is 2. The minimum Gasteiger partial charge on any atom is -0.476 e. The lowest BCUT2D eigenvalue weighted by Crippen LogP contribution is -2.47. The summed E-state index contributed by atoms with van der Waals surface area (Å²) in [5.41, 5.74) is -1.49. The number of aromatic nitrogens is 2. The molecule has 2 aliphatic carbocycles. The van der Waals surface area contributed by atoms with Gasteiger partial charge >= 0.3 is 0 Å². The van der Waals surface area contributed by atoms with Crippen LogP contribution >= 0.6 is 0 Å². The van der Waals surface area contributed by atoms with Crippen LogP contribution in [0.3, 0.4) is 0 Å². The first-order valence-corrected chi connectivity index (χ1v) is 21.2. The Kier molecular flexibility index (Phi) is 11.6. The van der Waals surface area contributed by atoms with Crippen molar-refractivity contribution < 1.29 is 37.1 Å². The van der Waals surface area contributed by atoms with E-state index >= 15 is 0 Å². The number of fused-ring (bicyclic) bond motifs is 3. The van der Waals surface area contributed by atoms with E-state index < -0.39 is 44.7 Å². The van der Waals surface area contributed by atoms with Crippen LogP contribution in [0, 0.1) is 34.5 Å². The van der Waals surface area contributed by atoms with E-state index in [-0.39, 0.29) is 72.3 Å². The zero-order valence-electron chi connectivity index (χ0n) is 32.5. The topological polar surface area (TPSA) is 162 Å². The predicted octanol–water partition coefficient (Wildman–Crippen LogP) is 5.97. The largest absolute Gasteiger partial charge is 0.476 e. The molecule has 0 radical (unpaired) electrons. The molecule has 0 bridgehead atoms. The van der Waals surface area contributed by atoms with Crippen molar-refractivity contribution in [1.82, 2.24) is 19.8 Å². The van der Waals surface area contributed by atoms with Crippen LogP contribution in [0.4, 0.5) is 0 Å². The Labute approximate surface area is 319 Å². The monoisotopic (exact) mass is 764 g/mol. The number of hydrogen-bond donors (Lipinski definition) is 1. The highest BCUT2D eigenvalue weighted by Gasteiger charge is 2.61. The third-order valence-corrected chi connectivity index (χ3v) is 13.3. The molecule has 12 nitrogen and oxygen atoms in total. The SMILES string of the molecule is CCOc1nnc(O[C@@H]2C[C@H]3C(=O)C[C@]4(C(=O)NS(=O)(=O)C5CC5)C[C@H]4/C=C\CC[C@H](C)C[C@@H](C)[C@H](CC(=O)CC(C)(C)C)C(=O)N3C2)c2ccccc12. The van der Waals surface area contributed by atoms with Crippen molar-refractivity contribution in [2.75, 3.05) is 13.2 Å². The molecule has 2 aromatic rings. The number of rotatable bonds is 10. The average molecular weight is 765 g/mol. The number of Topliss-reactive ketones (excluding diaryl/α,β-unsaturated/α-hetero) is 2. The van der Waals surface area contributed by atoms with Crippen molar-refractivity contribution in [1.29, 1.82) is 0 Å². The number of allylic oxidation sites excluding steroid dienone is 2. The second-order valence-corrected chi connectivity index (χ2v) is 19.4. The van der Waals surface area contributed by atoms with E-state index in [2.05, 4.69) is 21.8 Å². The number of nitrogens with one attached hydrogen (secondary N) is 1. The molecule has 1 saturated heterocycles. The predicted molar refractivity (Wildman–Crippen MR) is 204 cm³/mol. The molecule has 54 heavy (non-hydrogen) atoms. The summed E-state index contributed by atoms with van der Waals surface area (Å²) in [7, 11) is -3.84. The highest BCUT2D eigenvalue weighted by atomic mass is 32.2. The second-order valence-electron chi connectivity index (χ2n) is 17.5. The summed E-state index contributed by atoms with van der Waals surface area (Å²) in [5, 5.41) is 9.39. The Morgan fingerprint density at radius 2 is 1.70 bits per heavy atom. The van der Waals surface area contributed by atoms with Crippen molar-refractivity contribution in [3.63, 3.8) is 0 Å². The van der Waals surface area contributed by atoms with E-state index in [4.69, 9.17) is 9.47 Å². The van der Waals surface area contributed by atoms with Crippen LogP contribution < -0.4 is 14.2 Å². The van der Waals surface area contributed by atoms with E-state index in [9.17, 15) is 27.6 Å². The van der Waals surface area contributed by atoms with Gasteiger partial charge in [0.2, 0.25) is 33.6 Å². The van der Waals surface area contributed by atoms with Crippen LogP contribution in [0.25, 0.3) is 10.8 Å². The van der Waals surface area contributed by atoms with E-state index in [1.165, 1.54) is 0 Å². The van der Waals surface area contributed by atoms with Gasteiger partial charge in [-0.25, -0.2) is 8.42 Å². The highest BCUT2D eigenvalue weighted by molar-refractivity contribution is 7.90. The van der Waals surface area contributed by atoms with Crippen molar-refractivity contribution in [3.8, 4) is 11.8 Å². The van der Waals surface area contributed by atoms with Gasteiger partial charge in [-0.3, -0.25) is 23.9 Å². The van der Waals surface area contributed by atoms with Crippen LogP contribution in [0.2, 0.25) is 0 Å². The van der Waals surface area contributed by atoms with Crippen molar-refractivity contribution in [2.24, 2.45) is 34.5 Å². The Morgan fingerprint density at radius 1 is 1.02 bits per heavy atom. The molecule has 3 heterocycles. The lowest BCUT2D eigenvalue weighted by molar-refractivity contribution is -0.145. The Hall–Kier alpha value is -3.87. The van der Waals surface area contributed by atoms with Crippen molar-refractivity contribution in [2.45, 2.75) is 123 Å². The van der Waals surface area contributed by atoms with Gasteiger partial charge in [0.15, 0.2) is 5.78 Å². The molecule has 13 heteroatoms. The molecule has 294 valence electrons. The minimum atomic E-state index is -3.84. The van der Waals surface area contributed by atoms with E-state index in [1.54, 1.807) is 4.90 Å². The number of carbonyl (C=O) groups is 4. The second kappa shape index (κ2) is 15.7. The molecular formula is C41H56N4O8S. The third kappa shape index (κ3) is 8.98. The maximum absolute atomic E-state index is 14.9. The number of benzene rings is 1. The average Bonchev–Trinajstić information content (AvgIpc) is 4.02. The number of nitrogens with zero attached hydrogens (tertiary/aromatic N) is 3. The molecule has 2 aliphatic heterocycles. The Balaban J connectivity index is 1.35. The molecule has 3 fully saturated rings. The summed E-state index contributed by atoms with van der Waals surface area (Å²) in [6.07, 6.45) is 7.31. The summed E-state index contributed by atoms with van der Waals surface area (Å²) >= 11 is 0. The van der Waals surface area contributed by atoms with Gasteiger partial charge in [0.25, 0.3) is 0 Å². The summed E-state index contributed by atoms with van der Waals surface area (Å²) in [6.45, 7) is 12.5. The molecule has 1 aromatic heterocycles. The number of hydrogen-bond acceptors (Lipinski definition) is 10. The molecule has 6 rings (SSSR count). The zero-order chi connectivity index (χ0) is 39.0. The van der Waals surface area contributed by atoms with Crippen LogP contribution in [0.15, 0.2) is 36.4 Å². The Bertz CT molecular complexity index is 1900. The highest BCUT2D eigenvalue weighted by Crippen LogP contribution is 2.57. The molecule has 0 unspecified atom stereocenters. The van der Waals surface area contributed by atoms with Crippen LogP contribution in [-0.2, 0) is 29.2 Å². The standard InChI is InChI=1S/C41H56N4O8S/c1-7-52-36-31-14-10-11-15-32(31)37(43-42-36)53-29-20-34-35(47)23-41(39(49)44-54(50,51)30-16-17-30)21-27(41)13-9-8-12-25(2)18-26(3)33(38(48)45(34)24-29)19-28(46)22-40(4,5)6/h9-11,13-15,25-27,29-30,33-34H,7-8,12,16-24H2,1-6H3,(H,44,49)/b13-9-/t25-,26+,27+,29+,33-,34-,41+/m0/s1. The first-order valence-electron chi connectivity index (χ1n) is 19.6. The maximum Gasteiger partial charge on any atom is 0.242 e. The normalized spacial score (nSPS) is 30.1. The number of carbonyl (C=O) groups excluding carboxylic acids is 4. The molecule has 2 saturated carbocycles. The van der Waals surface area contributed by atoms with Crippen LogP contribution in [0.1, 0.15) is 106 Å². The fraction of sp³-hybridized carbons (Fsp3) is 0.659. The van der Waals surface area contributed by atoms with Crippen molar-refractivity contribution >= 4 is 44.2 Å². The van der Waals surface area contributed by atoms with E-state index in [0.717, 1.165) is 19.3 Å².